The van der Waals surface area contributed by atoms with Gasteiger partial charge >= 0.3 is 0 Å². The fraction of sp³-hybridized carbons (Fsp3) is 0.462. The SMILES string of the molecule is O=C(CCCc1ccc(N2CCOCC2)cc1)NCc1scc2c1CN(C1CCC(=O)NC1=O)C2=O. The van der Waals surface area contributed by atoms with Crippen molar-refractivity contribution >= 4 is 40.7 Å². The molecule has 0 spiro atoms. The van der Waals surface area contributed by atoms with E-state index >= 15 is 0 Å². The number of imide groups is 1. The normalized spacial score (nSPS) is 19.9. The number of hydrogen-bond donors (Lipinski definition) is 2. The maximum atomic E-state index is 12.8. The van der Waals surface area contributed by atoms with Crippen LogP contribution in [-0.4, -0.2) is 60.9 Å². The first-order chi connectivity index (χ1) is 17.5. The largest absolute Gasteiger partial charge is 0.378 e. The molecule has 1 atom stereocenters. The van der Waals surface area contributed by atoms with E-state index in [1.807, 2.05) is 0 Å². The predicted molar refractivity (Wildman–Crippen MR) is 135 cm³/mol. The second kappa shape index (κ2) is 10.8. The number of thiophene rings is 1. The first-order valence-corrected chi connectivity index (χ1v) is 13.3. The van der Waals surface area contributed by atoms with Crippen LogP contribution in [0.25, 0.3) is 0 Å². The van der Waals surface area contributed by atoms with Gasteiger partial charge in [0.1, 0.15) is 6.04 Å². The van der Waals surface area contributed by atoms with Crippen LogP contribution >= 0.6 is 11.3 Å². The minimum Gasteiger partial charge on any atom is -0.378 e. The molecule has 2 saturated heterocycles. The Hall–Kier alpha value is -3.24. The number of anilines is 1. The number of amides is 4. The van der Waals surface area contributed by atoms with Gasteiger partial charge in [0.2, 0.25) is 17.7 Å². The summed E-state index contributed by atoms with van der Waals surface area (Å²) in [5.41, 5.74) is 3.88. The molecule has 2 fully saturated rings. The molecule has 5 rings (SSSR count). The molecule has 2 aromatic rings. The van der Waals surface area contributed by atoms with Gasteiger partial charge in [-0.05, 0) is 42.5 Å². The van der Waals surface area contributed by atoms with Gasteiger partial charge in [0.05, 0.1) is 25.3 Å². The topological polar surface area (TPSA) is 108 Å². The van der Waals surface area contributed by atoms with E-state index in [9.17, 15) is 19.2 Å². The quantitative estimate of drug-likeness (QED) is 0.526. The van der Waals surface area contributed by atoms with Crippen LogP contribution in [0.2, 0.25) is 0 Å². The number of aryl methyl sites for hydroxylation is 1. The highest BCUT2D eigenvalue weighted by atomic mass is 32.1. The van der Waals surface area contributed by atoms with Gasteiger partial charge in [-0.25, -0.2) is 0 Å². The lowest BCUT2D eigenvalue weighted by atomic mass is 10.0. The molecule has 36 heavy (non-hydrogen) atoms. The van der Waals surface area contributed by atoms with E-state index < -0.39 is 11.9 Å². The number of carbonyl (C=O) groups is 4. The van der Waals surface area contributed by atoms with Crippen LogP contribution in [0.3, 0.4) is 0 Å². The van der Waals surface area contributed by atoms with Crippen LogP contribution in [0.4, 0.5) is 5.69 Å². The minimum atomic E-state index is -0.627. The Balaban J connectivity index is 1.08. The Bertz CT molecular complexity index is 1160. The molecule has 1 aromatic heterocycles. The second-order valence-corrected chi connectivity index (χ2v) is 10.3. The Morgan fingerprint density at radius 3 is 2.67 bits per heavy atom. The van der Waals surface area contributed by atoms with E-state index in [2.05, 4.69) is 39.8 Å². The first kappa shape index (κ1) is 24.5. The highest BCUT2D eigenvalue weighted by molar-refractivity contribution is 7.10. The van der Waals surface area contributed by atoms with Gasteiger partial charge in [0, 0.05) is 48.4 Å². The van der Waals surface area contributed by atoms with Crippen LogP contribution in [0.5, 0.6) is 0 Å². The van der Waals surface area contributed by atoms with Gasteiger partial charge in [0.15, 0.2) is 0 Å². The molecule has 9 nitrogen and oxygen atoms in total. The van der Waals surface area contributed by atoms with E-state index in [4.69, 9.17) is 4.74 Å². The van der Waals surface area contributed by atoms with Gasteiger partial charge in [-0.15, -0.1) is 11.3 Å². The fourth-order valence-corrected chi connectivity index (χ4v) is 5.94. The molecule has 4 amide bonds. The summed E-state index contributed by atoms with van der Waals surface area (Å²) in [6.45, 7) is 4.05. The maximum absolute atomic E-state index is 12.8. The summed E-state index contributed by atoms with van der Waals surface area (Å²) in [6.07, 6.45) is 2.59. The molecular formula is C26H30N4O5S. The van der Waals surface area contributed by atoms with E-state index in [0.29, 0.717) is 31.5 Å². The molecule has 0 radical (unpaired) electrons. The zero-order chi connectivity index (χ0) is 25.1. The van der Waals surface area contributed by atoms with Crippen LogP contribution < -0.4 is 15.5 Å². The van der Waals surface area contributed by atoms with Crippen molar-refractivity contribution in [2.24, 2.45) is 0 Å². The Labute approximate surface area is 213 Å². The van der Waals surface area contributed by atoms with Gasteiger partial charge in [-0.3, -0.25) is 24.5 Å². The summed E-state index contributed by atoms with van der Waals surface area (Å²) < 4.78 is 5.41. The average Bonchev–Trinajstić information content (AvgIpc) is 3.43. The molecule has 3 aliphatic rings. The zero-order valence-electron chi connectivity index (χ0n) is 20.1. The van der Waals surface area contributed by atoms with Crippen molar-refractivity contribution in [1.29, 1.82) is 0 Å². The fourth-order valence-electron chi connectivity index (χ4n) is 4.97. The van der Waals surface area contributed by atoms with Gasteiger partial charge < -0.3 is 19.9 Å². The number of hydrogen-bond acceptors (Lipinski definition) is 7. The van der Waals surface area contributed by atoms with Crippen molar-refractivity contribution < 1.29 is 23.9 Å². The van der Waals surface area contributed by atoms with Crippen molar-refractivity contribution in [2.75, 3.05) is 31.2 Å². The monoisotopic (exact) mass is 510 g/mol. The standard InChI is InChI=1S/C26H30N4O5S/c31-23(3-1-2-17-4-6-18(7-5-17)29-10-12-35-13-11-29)27-14-22-19-15-30(26(34)20(19)16-36-22)21-8-9-24(32)28-25(21)33/h4-7,16,21H,1-3,8-15H2,(H,27,31)(H,28,32,33). The zero-order valence-corrected chi connectivity index (χ0v) is 20.9. The Kier molecular flexibility index (Phi) is 7.33. The molecule has 0 aliphatic carbocycles. The molecule has 2 N–H and O–H groups in total. The summed E-state index contributed by atoms with van der Waals surface area (Å²) in [5.74, 6) is -0.925. The summed E-state index contributed by atoms with van der Waals surface area (Å²) in [5, 5.41) is 7.09. The number of nitrogens with zero attached hydrogens (tertiary/aromatic N) is 2. The number of benzene rings is 1. The number of piperidine rings is 1. The summed E-state index contributed by atoms with van der Waals surface area (Å²) in [4.78, 5) is 53.7. The van der Waals surface area contributed by atoms with Crippen molar-refractivity contribution in [1.82, 2.24) is 15.5 Å². The molecule has 190 valence electrons. The lowest BCUT2D eigenvalue weighted by Gasteiger charge is -2.29. The number of nitrogens with one attached hydrogen (secondary N) is 2. The highest BCUT2D eigenvalue weighted by Crippen LogP contribution is 2.33. The third kappa shape index (κ3) is 5.29. The third-order valence-corrected chi connectivity index (χ3v) is 8.04. The van der Waals surface area contributed by atoms with E-state index in [0.717, 1.165) is 49.6 Å². The Morgan fingerprint density at radius 1 is 1.14 bits per heavy atom. The average molecular weight is 511 g/mol. The highest BCUT2D eigenvalue weighted by Gasteiger charge is 2.40. The summed E-state index contributed by atoms with van der Waals surface area (Å²) in [6, 6.07) is 7.90. The third-order valence-electron chi connectivity index (χ3n) is 7.01. The van der Waals surface area contributed by atoms with Gasteiger partial charge in [-0.1, -0.05) is 12.1 Å². The minimum absolute atomic E-state index is 0.0200. The number of fused-ring (bicyclic) bond motifs is 1. The van der Waals surface area contributed by atoms with Gasteiger partial charge in [-0.2, -0.15) is 0 Å². The molecule has 0 saturated carbocycles. The Morgan fingerprint density at radius 2 is 1.92 bits per heavy atom. The molecule has 3 aliphatic heterocycles. The second-order valence-electron chi connectivity index (χ2n) is 9.35. The molecule has 0 bridgehead atoms. The molecular weight excluding hydrogens is 480 g/mol. The van der Waals surface area contributed by atoms with Crippen LogP contribution in [-0.2, 0) is 38.6 Å². The molecule has 1 aromatic carbocycles. The van der Waals surface area contributed by atoms with Crippen LogP contribution in [0.15, 0.2) is 29.6 Å². The number of ether oxygens (including phenoxy) is 1. The van der Waals surface area contributed by atoms with E-state index in [1.165, 1.54) is 27.5 Å². The van der Waals surface area contributed by atoms with E-state index in [1.54, 1.807) is 5.38 Å². The van der Waals surface area contributed by atoms with Crippen molar-refractivity contribution in [3.8, 4) is 0 Å². The molecule has 1 unspecified atom stereocenters. The molecule has 4 heterocycles. The van der Waals surface area contributed by atoms with Crippen molar-refractivity contribution in [2.45, 2.75) is 51.2 Å². The summed E-state index contributed by atoms with van der Waals surface area (Å²) >= 11 is 1.45. The first-order valence-electron chi connectivity index (χ1n) is 12.4. The maximum Gasteiger partial charge on any atom is 0.256 e. The number of morpholine rings is 1. The van der Waals surface area contributed by atoms with Crippen LogP contribution in [0.1, 0.15) is 52.0 Å². The lowest BCUT2D eigenvalue weighted by molar-refractivity contribution is -0.137. The van der Waals surface area contributed by atoms with Crippen LogP contribution in [0, 0.1) is 0 Å². The number of rotatable bonds is 8. The lowest BCUT2D eigenvalue weighted by Crippen LogP contribution is -2.52. The summed E-state index contributed by atoms with van der Waals surface area (Å²) in [7, 11) is 0. The molecule has 10 heteroatoms. The van der Waals surface area contributed by atoms with E-state index in [-0.39, 0.29) is 24.1 Å². The number of carbonyl (C=O) groups excluding carboxylic acids is 4. The van der Waals surface area contributed by atoms with Gasteiger partial charge in [0.25, 0.3) is 5.91 Å². The van der Waals surface area contributed by atoms with Crippen molar-refractivity contribution in [3.63, 3.8) is 0 Å². The smallest absolute Gasteiger partial charge is 0.256 e. The van der Waals surface area contributed by atoms with Crippen molar-refractivity contribution in [3.05, 3.63) is 51.2 Å². The predicted octanol–water partition coefficient (Wildman–Crippen LogP) is 1.98.